The minimum Gasteiger partial charge on any atom is -0.477 e. The van der Waals surface area contributed by atoms with Crippen molar-refractivity contribution in [1.82, 2.24) is 19.9 Å². The molecule has 3 aromatic carbocycles. The van der Waals surface area contributed by atoms with Crippen LogP contribution in [0.2, 0.25) is 0 Å². The summed E-state index contributed by atoms with van der Waals surface area (Å²) < 4.78 is 36.8. The highest BCUT2D eigenvalue weighted by molar-refractivity contribution is 6.16. The number of nitrogens with one attached hydrogen (secondary N) is 1. The van der Waals surface area contributed by atoms with Gasteiger partial charge < -0.3 is 10.1 Å². The Bertz CT molecular complexity index is 1850. The molecule has 0 bridgehead atoms. The lowest BCUT2D eigenvalue weighted by Gasteiger charge is -2.14. The molecule has 8 nitrogen and oxygen atoms in total. The summed E-state index contributed by atoms with van der Waals surface area (Å²) in [5.41, 5.74) is 1.97. The Morgan fingerprint density at radius 1 is 0.952 bits per heavy atom. The maximum Gasteiger partial charge on any atom is 0.274 e. The van der Waals surface area contributed by atoms with Crippen LogP contribution >= 0.6 is 0 Å². The van der Waals surface area contributed by atoms with Crippen LogP contribution in [-0.2, 0) is 11.2 Å². The van der Waals surface area contributed by atoms with Crippen molar-refractivity contribution in [3.05, 3.63) is 119 Å². The van der Waals surface area contributed by atoms with E-state index >= 15 is 0 Å². The first-order valence-electron chi connectivity index (χ1n) is 13.5. The summed E-state index contributed by atoms with van der Waals surface area (Å²) in [6.45, 7) is 2.35. The van der Waals surface area contributed by atoms with Crippen molar-refractivity contribution >= 4 is 23.0 Å². The number of hydrogen-bond donors (Lipinski definition) is 1. The fourth-order valence-electron chi connectivity index (χ4n) is 4.88. The van der Waals surface area contributed by atoms with Crippen LogP contribution in [0.25, 0.3) is 16.9 Å². The Kier molecular flexibility index (Phi) is 7.26. The van der Waals surface area contributed by atoms with Gasteiger partial charge in [-0.25, -0.2) is 18.3 Å². The van der Waals surface area contributed by atoms with E-state index in [-0.39, 0.29) is 40.5 Å². The van der Waals surface area contributed by atoms with Crippen LogP contribution in [0.4, 0.5) is 8.78 Å². The van der Waals surface area contributed by atoms with Crippen LogP contribution in [0.15, 0.2) is 89.9 Å². The summed E-state index contributed by atoms with van der Waals surface area (Å²) in [6.07, 6.45) is -0.905. The molecule has 0 unspecified atom stereocenters. The number of imidazole rings is 1. The highest BCUT2D eigenvalue weighted by atomic mass is 19.1. The topological polar surface area (TPSA) is 98.0 Å². The van der Waals surface area contributed by atoms with Crippen LogP contribution in [0.1, 0.15) is 40.5 Å². The third kappa shape index (κ3) is 5.03. The van der Waals surface area contributed by atoms with Gasteiger partial charge in [0.05, 0.1) is 12.3 Å². The number of halogens is 2. The lowest BCUT2D eigenvalue weighted by Crippen LogP contribution is -2.41. The van der Waals surface area contributed by atoms with Gasteiger partial charge in [-0.2, -0.15) is 0 Å². The van der Waals surface area contributed by atoms with E-state index in [1.807, 2.05) is 13.0 Å². The summed E-state index contributed by atoms with van der Waals surface area (Å²) in [4.78, 5) is 36.6. The average Bonchev–Trinajstić information content (AvgIpc) is 3.31. The maximum atomic E-state index is 15.0. The van der Waals surface area contributed by atoms with Gasteiger partial charge in [-0.15, -0.1) is 5.10 Å². The van der Waals surface area contributed by atoms with Gasteiger partial charge in [0, 0.05) is 34.7 Å². The highest BCUT2D eigenvalue weighted by Gasteiger charge is 2.32. The SMILES string of the molecule is CCCOc1ccc2nc(-c3ccccc3F)c(C(=O)N[C@H]3N=C(c4ccccc4)c4cccc(F)c4CC3=O)n2n1. The van der Waals surface area contributed by atoms with Crippen molar-refractivity contribution < 1.29 is 23.1 Å². The van der Waals surface area contributed by atoms with E-state index in [9.17, 15) is 18.4 Å². The third-order valence-electron chi connectivity index (χ3n) is 6.85. The molecule has 1 amide bonds. The molecule has 0 spiro atoms. The molecular weight excluding hydrogens is 540 g/mol. The predicted molar refractivity (Wildman–Crippen MR) is 153 cm³/mol. The average molecular weight is 566 g/mol. The fourth-order valence-corrected chi connectivity index (χ4v) is 4.88. The molecule has 0 aliphatic carbocycles. The molecule has 5 aromatic rings. The zero-order valence-corrected chi connectivity index (χ0v) is 22.6. The Morgan fingerprint density at radius 2 is 1.69 bits per heavy atom. The van der Waals surface area contributed by atoms with Crippen molar-refractivity contribution in [2.45, 2.75) is 25.9 Å². The third-order valence-corrected chi connectivity index (χ3v) is 6.85. The minimum atomic E-state index is -1.36. The molecule has 210 valence electrons. The Hall–Kier alpha value is -5.25. The van der Waals surface area contributed by atoms with Gasteiger partial charge in [-0.1, -0.05) is 61.5 Å². The van der Waals surface area contributed by atoms with E-state index in [2.05, 4.69) is 20.4 Å². The maximum absolute atomic E-state index is 15.0. The number of fused-ring (bicyclic) bond motifs is 2. The number of aliphatic imine (C=N–C) groups is 1. The van der Waals surface area contributed by atoms with Crippen molar-refractivity contribution in [3.63, 3.8) is 0 Å². The van der Waals surface area contributed by atoms with Gasteiger partial charge in [0.25, 0.3) is 5.91 Å². The van der Waals surface area contributed by atoms with Crippen molar-refractivity contribution in [3.8, 4) is 17.1 Å². The number of aromatic nitrogens is 3. The Morgan fingerprint density at radius 3 is 2.48 bits per heavy atom. The molecule has 42 heavy (non-hydrogen) atoms. The van der Waals surface area contributed by atoms with E-state index in [1.165, 1.54) is 28.8 Å². The number of hydrogen-bond acceptors (Lipinski definition) is 6. The summed E-state index contributed by atoms with van der Waals surface area (Å²) in [7, 11) is 0. The van der Waals surface area contributed by atoms with E-state index in [0.29, 0.717) is 23.4 Å². The van der Waals surface area contributed by atoms with E-state index < -0.39 is 29.5 Å². The Labute approximate surface area is 239 Å². The van der Waals surface area contributed by atoms with E-state index in [0.717, 1.165) is 6.42 Å². The molecule has 3 heterocycles. The van der Waals surface area contributed by atoms with Gasteiger partial charge >= 0.3 is 0 Å². The van der Waals surface area contributed by atoms with Crippen LogP contribution in [0.5, 0.6) is 5.88 Å². The van der Waals surface area contributed by atoms with Crippen LogP contribution in [-0.4, -0.2) is 44.8 Å². The number of carbonyl (C=O) groups excluding carboxylic acids is 2. The normalized spacial score (nSPS) is 14.7. The van der Waals surface area contributed by atoms with Crippen LogP contribution in [0.3, 0.4) is 0 Å². The number of nitrogens with zero attached hydrogens (tertiary/aromatic N) is 4. The van der Waals surface area contributed by atoms with Crippen molar-refractivity contribution in [2.24, 2.45) is 4.99 Å². The number of rotatable bonds is 7. The molecule has 6 rings (SSSR count). The second kappa shape index (κ2) is 11.3. The largest absolute Gasteiger partial charge is 0.477 e. The molecule has 10 heteroatoms. The molecule has 1 N–H and O–H groups in total. The molecule has 0 fully saturated rings. The first kappa shape index (κ1) is 26.9. The number of Topliss-reactive ketones (excluding diaryl/α,β-unsaturated/α-hetero) is 1. The zero-order valence-electron chi connectivity index (χ0n) is 22.6. The quantitative estimate of drug-likeness (QED) is 0.293. The molecule has 2 aromatic heterocycles. The fraction of sp³-hybridized carbons (Fsp3) is 0.156. The van der Waals surface area contributed by atoms with Crippen LogP contribution in [0, 0.1) is 11.6 Å². The monoisotopic (exact) mass is 565 g/mol. The second-order valence-electron chi connectivity index (χ2n) is 9.71. The molecule has 0 saturated heterocycles. The molecule has 1 aliphatic rings. The first-order chi connectivity index (χ1) is 20.4. The predicted octanol–water partition coefficient (Wildman–Crippen LogP) is 5.18. The van der Waals surface area contributed by atoms with Crippen molar-refractivity contribution in [1.29, 1.82) is 0 Å². The smallest absolute Gasteiger partial charge is 0.274 e. The highest BCUT2D eigenvalue weighted by Crippen LogP contribution is 2.28. The molecule has 1 atom stereocenters. The number of amides is 1. The summed E-state index contributed by atoms with van der Waals surface area (Å²) in [6, 6.07) is 22.7. The van der Waals surface area contributed by atoms with Gasteiger partial charge in [0.2, 0.25) is 5.88 Å². The molecule has 1 aliphatic heterocycles. The Balaban J connectivity index is 1.46. The van der Waals surface area contributed by atoms with Gasteiger partial charge in [0.15, 0.2) is 23.3 Å². The first-order valence-corrected chi connectivity index (χ1v) is 13.5. The number of ketones is 1. The van der Waals surface area contributed by atoms with E-state index in [4.69, 9.17) is 4.74 Å². The van der Waals surface area contributed by atoms with Gasteiger partial charge in [-0.3, -0.25) is 14.6 Å². The summed E-state index contributed by atoms with van der Waals surface area (Å²) >= 11 is 0. The number of ether oxygens (including phenoxy) is 1. The van der Waals surface area contributed by atoms with Crippen LogP contribution < -0.4 is 10.1 Å². The molecular formula is C32H25F2N5O3. The summed E-state index contributed by atoms with van der Waals surface area (Å²) in [5, 5.41) is 7.11. The zero-order chi connectivity index (χ0) is 29.2. The standard InChI is InChI=1S/C32H25F2N5O3/c1-2-17-42-27-16-15-26-35-29(21-11-6-7-13-23(21)33)30(39(26)38-27)32(41)37-31-25(40)18-22-20(12-8-14-24(22)34)28(36-31)19-9-4-3-5-10-19/h3-16,31H,2,17-18H2,1H3,(H,37,41)/t31-/m1/s1. The lowest BCUT2D eigenvalue weighted by atomic mass is 9.95. The summed E-state index contributed by atoms with van der Waals surface area (Å²) in [5.74, 6) is -2.15. The number of benzene rings is 3. The molecule has 0 saturated carbocycles. The van der Waals surface area contributed by atoms with Gasteiger partial charge in [-0.05, 0) is 30.7 Å². The van der Waals surface area contributed by atoms with Gasteiger partial charge in [0.1, 0.15) is 17.3 Å². The molecule has 0 radical (unpaired) electrons. The van der Waals surface area contributed by atoms with Crippen molar-refractivity contribution in [2.75, 3.05) is 6.61 Å². The second-order valence-corrected chi connectivity index (χ2v) is 9.71. The lowest BCUT2D eigenvalue weighted by molar-refractivity contribution is -0.120. The minimum absolute atomic E-state index is 0.0356. The number of carbonyl (C=O) groups is 2. The van der Waals surface area contributed by atoms with E-state index in [1.54, 1.807) is 54.6 Å².